The van der Waals surface area contributed by atoms with Crippen LogP contribution in [0.2, 0.25) is 0 Å². The lowest BCUT2D eigenvalue weighted by molar-refractivity contribution is 0.0644. The topological polar surface area (TPSA) is 49.6 Å². The predicted molar refractivity (Wildman–Crippen MR) is 85.3 cm³/mol. The number of nitrogens with zero attached hydrogens (tertiary/aromatic N) is 2. The van der Waals surface area contributed by atoms with Gasteiger partial charge in [-0.1, -0.05) is 0 Å². The van der Waals surface area contributed by atoms with Crippen molar-refractivity contribution in [3.8, 4) is 0 Å². The van der Waals surface area contributed by atoms with Crippen molar-refractivity contribution in [1.82, 2.24) is 9.80 Å². The molecule has 2 saturated heterocycles. The van der Waals surface area contributed by atoms with Crippen molar-refractivity contribution < 1.29 is 4.79 Å². The van der Waals surface area contributed by atoms with Crippen LogP contribution in [-0.2, 0) is 0 Å². The fourth-order valence-electron chi connectivity index (χ4n) is 3.53. The standard InChI is InChI=1S/C17H25N3O/c1-13-12-14(4-5-16(13)18)17(21)20-10-6-15(7-11-20)19-8-2-3-9-19/h4-5,12,15H,2-3,6-11,18H2,1H3. The van der Waals surface area contributed by atoms with Crippen LogP contribution in [0.4, 0.5) is 5.69 Å². The first-order valence-electron chi connectivity index (χ1n) is 8.04. The summed E-state index contributed by atoms with van der Waals surface area (Å²) in [5.74, 6) is 0.151. The third-order valence-corrected chi connectivity index (χ3v) is 4.93. The van der Waals surface area contributed by atoms with Crippen molar-refractivity contribution in [2.24, 2.45) is 0 Å². The molecule has 2 aliphatic heterocycles. The van der Waals surface area contributed by atoms with Gasteiger partial charge in [-0.05, 0) is 69.5 Å². The molecule has 4 heteroatoms. The van der Waals surface area contributed by atoms with Gasteiger partial charge in [-0.25, -0.2) is 0 Å². The first-order chi connectivity index (χ1) is 10.1. The molecule has 0 atom stereocenters. The fourth-order valence-corrected chi connectivity index (χ4v) is 3.53. The van der Waals surface area contributed by atoms with Crippen LogP contribution in [0, 0.1) is 6.92 Å². The first-order valence-corrected chi connectivity index (χ1v) is 8.04. The maximum atomic E-state index is 12.6. The summed E-state index contributed by atoms with van der Waals surface area (Å²) in [7, 11) is 0. The first kappa shape index (κ1) is 14.4. The van der Waals surface area contributed by atoms with Gasteiger partial charge in [0.2, 0.25) is 0 Å². The number of amides is 1. The van der Waals surface area contributed by atoms with Gasteiger partial charge in [0.25, 0.3) is 5.91 Å². The number of aryl methyl sites for hydroxylation is 1. The number of piperidine rings is 1. The summed E-state index contributed by atoms with van der Waals surface area (Å²) >= 11 is 0. The van der Waals surface area contributed by atoms with E-state index in [4.69, 9.17) is 5.73 Å². The van der Waals surface area contributed by atoms with Crippen LogP contribution in [0.5, 0.6) is 0 Å². The second-order valence-corrected chi connectivity index (χ2v) is 6.34. The average molecular weight is 287 g/mol. The molecule has 2 fully saturated rings. The van der Waals surface area contributed by atoms with E-state index in [2.05, 4.69) is 4.90 Å². The van der Waals surface area contributed by atoms with Gasteiger partial charge >= 0.3 is 0 Å². The number of anilines is 1. The van der Waals surface area contributed by atoms with Gasteiger partial charge in [-0.15, -0.1) is 0 Å². The van der Waals surface area contributed by atoms with Gasteiger partial charge in [-0.2, -0.15) is 0 Å². The highest BCUT2D eigenvalue weighted by Gasteiger charge is 2.28. The number of nitrogens with two attached hydrogens (primary N) is 1. The number of nitrogen functional groups attached to an aromatic ring is 1. The molecule has 0 aliphatic carbocycles. The van der Waals surface area contributed by atoms with Crippen LogP contribution in [0.25, 0.3) is 0 Å². The summed E-state index contributed by atoms with van der Waals surface area (Å²) in [5, 5.41) is 0. The number of benzene rings is 1. The summed E-state index contributed by atoms with van der Waals surface area (Å²) in [4.78, 5) is 17.2. The Morgan fingerprint density at radius 3 is 2.43 bits per heavy atom. The quantitative estimate of drug-likeness (QED) is 0.849. The minimum Gasteiger partial charge on any atom is -0.399 e. The van der Waals surface area contributed by atoms with E-state index in [0.29, 0.717) is 6.04 Å². The molecular weight excluding hydrogens is 262 g/mol. The monoisotopic (exact) mass is 287 g/mol. The molecule has 2 heterocycles. The molecule has 0 aromatic heterocycles. The molecule has 1 aromatic rings. The van der Waals surface area contributed by atoms with E-state index in [-0.39, 0.29) is 5.91 Å². The van der Waals surface area contributed by atoms with E-state index in [1.165, 1.54) is 25.9 Å². The van der Waals surface area contributed by atoms with Gasteiger partial charge in [-0.3, -0.25) is 4.79 Å². The molecule has 0 bridgehead atoms. The van der Waals surface area contributed by atoms with Crippen molar-refractivity contribution in [2.75, 3.05) is 31.9 Å². The molecule has 114 valence electrons. The van der Waals surface area contributed by atoms with Gasteiger partial charge < -0.3 is 15.5 Å². The molecule has 4 nitrogen and oxygen atoms in total. The molecule has 1 amide bonds. The Kier molecular flexibility index (Phi) is 4.15. The molecule has 2 aliphatic rings. The highest BCUT2D eigenvalue weighted by Crippen LogP contribution is 2.22. The lowest BCUT2D eigenvalue weighted by Crippen LogP contribution is -2.45. The van der Waals surface area contributed by atoms with E-state index < -0.39 is 0 Å². The average Bonchev–Trinajstić information content (AvgIpc) is 3.04. The second kappa shape index (κ2) is 6.06. The SMILES string of the molecule is Cc1cc(C(=O)N2CCC(N3CCCC3)CC2)ccc1N. The van der Waals surface area contributed by atoms with E-state index in [1.54, 1.807) is 0 Å². The van der Waals surface area contributed by atoms with E-state index in [1.807, 2.05) is 30.0 Å². The maximum absolute atomic E-state index is 12.6. The molecule has 0 saturated carbocycles. The summed E-state index contributed by atoms with van der Waals surface area (Å²) in [6.45, 7) is 6.20. The van der Waals surface area contributed by atoms with Crippen LogP contribution in [0.3, 0.4) is 0 Å². The minimum absolute atomic E-state index is 0.151. The van der Waals surface area contributed by atoms with Crippen LogP contribution in [0.1, 0.15) is 41.6 Å². The maximum Gasteiger partial charge on any atom is 0.253 e. The van der Waals surface area contributed by atoms with Crippen LogP contribution >= 0.6 is 0 Å². The molecule has 3 rings (SSSR count). The van der Waals surface area contributed by atoms with Crippen molar-refractivity contribution in [1.29, 1.82) is 0 Å². The predicted octanol–water partition coefficient (Wildman–Crippen LogP) is 2.28. The zero-order valence-electron chi connectivity index (χ0n) is 12.8. The Hall–Kier alpha value is -1.55. The zero-order chi connectivity index (χ0) is 14.8. The Morgan fingerprint density at radius 1 is 1.14 bits per heavy atom. The largest absolute Gasteiger partial charge is 0.399 e. The van der Waals surface area contributed by atoms with Crippen molar-refractivity contribution in [2.45, 2.75) is 38.6 Å². The normalized spacial score (nSPS) is 20.9. The number of hydrogen-bond acceptors (Lipinski definition) is 3. The van der Waals surface area contributed by atoms with Crippen LogP contribution < -0.4 is 5.73 Å². The molecule has 21 heavy (non-hydrogen) atoms. The molecule has 0 radical (unpaired) electrons. The van der Waals surface area contributed by atoms with E-state index in [9.17, 15) is 4.79 Å². The summed E-state index contributed by atoms with van der Waals surface area (Å²) in [5.41, 5.74) is 8.32. The third kappa shape index (κ3) is 3.05. The Bertz CT molecular complexity index is 515. The molecule has 2 N–H and O–H groups in total. The number of likely N-dealkylation sites (tertiary alicyclic amines) is 2. The number of hydrogen-bond donors (Lipinski definition) is 1. The van der Waals surface area contributed by atoms with Crippen molar-refractivity contribution >= 4 is 11.6 Å². The number of carbonyl (C=O) groups excluding carboxylic acids is 1. The zero-order valence-corrected chi connectivity index (χ0v) is 12.8. The summed E-state index contributed by atoms with van der Waals surface area (Å²) in [6, 6.07) is 6.27. The molecular formula is C17H25N3O. The van der Waals surface area contributed by atoms with Crippen molar-refractivity contribution in [3.05, 3.63) is 29.3 Å². The van der Waals surface area contributed by atoms with E-state index in [0.717, 1.165) is 42.7 Å². The smallest absolute Gasteiger partial charge is 0.253 e. The minimum atomic E-state index is 0.151. The Labute approximate surface area is 126 Å². The van der Waals surface area contributed by atoms with Crippen molar-refractivity contribution in [3.63, 3.8) is 0 Å². The summed E-state index contributed by atoms with van der Waals surface area (Å²) in [6.07, 6.45) is 4.90. The highest BCUT2D eigenvalue weighted by atomic mass is 16.2. The van der Waals surface area contributed by atoms with E-state index >= 15 is 0 Å². The Balaban J connectivity index is 1.60. The molecule has 1 aromatic carbocycles. The van der Waals surface area contributed by atoms with Gasteiger partial charge in [0.05, 0.1) is 0 Å². The lowest BCUT2D eigenvalue weighted by atomic mass is 10.0. The van der Waals surface area contributed by atoms with Gasteiger partial charge in [0, 0.05) is 30.4 Å². The van der Waals surface area contributed by atoms with Crippen LogP contribution in [-0.4, -0.2) is 47.9 Å². The highest BCUT2D eigenvalue weighted by molar-refractivity contribution is 5.95. The van der Waals surface area contributed by atoms with Crippen LogP contribution in [0.15, 0.2) is 18.2 Å². The fraction of sp³-hybridized carbons (Fsp3) is 0.588. The third-order valence-electron chi connectivity index (χ3n) is 4.93. The molecule has 0 spiro atoms. The lowest BCUT2D eigenvalue weighted by Gasteiger charge is -2.36. The summed E-state index contributed by atoms with van der Waals surface area (Å²) < 4.78 is 0. The van der Waals surface area contributed by atoms with Gasteiger partial charge in [0.15, 0.2) is 0 Å². The van der Waals surface area contributed by atoms with Gasteiger partial charge in [0.1, 0.15) is 0 Å². The Morgan fingerprint density at radius 2 is 1.81 bits per heavy atom. The number of carbonyl (C=O) groups is 1. The molecule has 0 unspecified atom stereocenters. The number of rotatable bonds is 2. The second-order valence-electron chi connectivity index (χ2n) is 6.34.